The zero-order valence-corrected chi connectivity index (χ0v) is 17.4. The molecular formula is C18H18Br2N2O4. The molecule has 0 aliphatic rings. The number of carbonyl (C=O) groups excluding carboxylic acids is 2. The van der Waals surface area contributed by atoms with Crippen LogP contribution in [0.5, 0.6) is 11.5 Å². The molecule has 138 valence electrons. The molecule has 0 spiro atoms. The molecule has 2 amide bonds. The van der Waals surface area contributed by atoms with Gasteiger partial charge in [-0.25, -0.2) is 0 Å². The van der Waals surface area contributed by atoms with Gasteiger partial charge in [0.1, 0.15) is 11.5 Å². The van der Waals surface area contributed by atoms with E-state index in [2.05, 4.69) is 49.6 Å². The first-order chi connectivity index (χ1) is 12.4. The molecular weight excluding hydrogens is 468 g/mol. The van der Waals surface area contributed by atoms with Gasteiger partial charge in [0, 0.05) is 5.56 Å². The van der Waals surface area contributed by atoms with E-state index in [0.717, 1.165) is 16.5 Å². The number of methoxy groups -OCH3 is 1. The van der Waals surface area contributed by atoms with Gasteiger partial charge in [-0.05, 0) is 74.2 Å². The highest BCUT2D eigenvalue weighted by molar-refractivity contribution is 9.10. The summed E-state index contributed by atoms with van der Waals surface area (Å²) in [6, 6.07) is 10.5. The minimum Gasteiger partial charge on any atom is -0.496 e. The number of aryl methyl sites for hydroxylation is 1. The van der Waals surface area contributed by atoms with Crippen LogP contribution in [-0.2, 0) is 11.2 Å². The summed E-state index contributed by atoms with van der Waals surface area (Å²) in [6.45, 7) is 1.83. The molecule has 26 heavy (non-hydrogen) atoms. The van der Waals surface area contributed by atoms with E-state index in [-0.39, 0.29) is 6.61 Å². The minimum absolute atomic E-state index is 0.226. The molecule has 2 rings (SSSR count). The summed E-state index contributed by atoms with van der Waals surface area (Å²) >= 11 is 6.71. The molecule has 0 saturated carbocycles. The quantitative estimate of drug-likeness (QED) is 0.612. The molecule has 0 aliphatic carbocycles. The first-order valence-electron chi connectivity index (χ1n) is 7.78. The molecule has 0 fully saturated rings. The van der Waals surface area contributed by atoms with Crippen molar-refractivity contribution in [2.75, 3.05) is 13.7 Å². The van der Waals surface area contributed by atoms with Crippen molar-refractivity contribution in [2.24, 2.45) is 0 Å². The van der Waals surface area contributed by atoms with Crippen molar-refractivity contribution in [1.29, 1.82) is 0 Å². The van der Waals surface area contributed by atoms with Crippen LogP contribution in [0, 0.1) is 0 Å². The Hall–Kier alpha value is -2.06. The number of rotatable bonds is 6. The Kier molecular flexibility index (Phi) is 7.47. The highest BCUT2D eigenvalue weighted by Crippen LogP contribution is 2.26. The second-order valence-corrected chi connectivity index (χ2v) is 6.97. The Morgan fingerprint density at radius 1 is 1.00 bits per heavy atom. The standard InChI is InChI=1S/C18H18Br2N2O4/c1-3-11-4-6-16(13(19)8-11)26-10-17(23)21-22-18(24)12-5-7-15(25-2)14(20)9-12/h4-9H,3,10H2,1-2H3,(H,21,23)(H,22,24). The molecule has 2 N–H and O–H groups in total. The number of hydrogen-bond acceptors (Lipinski definition) is 4. The van der Waals surface area contributed by atoms with Gasteiger partial charge in [-0.1, -0.05) is 13.0 Å². The van der Waals surface area contributed by atoms with E-state index in [9.17, 15) is 9.59 Å². The van der Waals surface area contributed by atoms with Crippen molar-refractivity contribution in [3.05, 3.63) is 56.5 Å². The highest BCUT2D eigenvalue weighted by atomic mass is 79.9. The average molecular weight is 486 g/mol. The summed E-state index contributed by atoms with van der Waals surface area (Å²) in [5, 5.41) is 0. The van der Waals surface area contributed by atoms with Crippen LogP contribution in [0.3, 0.4) is 0 Å². The molecule has 2 aromatic carbocycles. The first kappa shape index (κ1) is 20.3. The zero-order valence-electron chi connectivity index (χ0n) is 14.3. The van der Waals surface area contributed by atoms with Crippen LogP contribution < -0.4 is 20.3 Å². The van der Waals surface area contributed by atoms with Crippen molar-refractivity contribution < 1.29 is 19.1 Å². The van der Waals surface area contributed by atoms with Crippen LogP contribution in [0.4, 0.5) is 0 Å². The van der Waals surface area contributed by atoms with Gasteiger partial charge in [0.25, 0.3) is 11.8 Å². The van der Waals surface area contributed by atoms with E-state index in [0.29, 0.717) is 21.5 Å². The van der Waals surface area contributed by atoms with Gasteiger partial charge in [0.05, 0.1) is 16.1 Å². The zero-order chi connectivity index (χ0) is 19.1. The van der Waals surface area contributed by atoms with Gasteiger partial charge < -0.3 is 9.47 Å². The van der Waals surface area contributed by atoms with E-state index >= 15 is 0 Å². The van der Waals surface area contributed by atoms with Gasteiger partial charge in [-0.15, -0.1) is 0 Å². The minimum atomic E-state index is -0.475. The Balaban J connectivity index is 1.85. The van der Waals surface area contributed by atoms with Crippen LogP contribution in [0.25, 0.3) is 0 Å². The van der Waals surface area contributed by atoms with Crippen LogP contribution in [0.2, 0.25) is 0 Å². The summed E-state index contributed by atoms with van der Waals surface area (Å²) in [7, 11) is 1.54. The smallest absolute Gasteiger partial charge is 0.276 e. The lowest BCUT2D eigenvalue weighted by Crippen LogP contribution is -2.43. The third kappa shape index (κ3) is 5.47. The fraction of sp³-hybridized carbons (Fsp3) is 0.222. The molecule has 0 aromatic heterocycles. The van der Waals surface area contributed by atoms with Crippen molar-refractivity contribution in [2.45, 2.75) is 13.3 Å². The maximum Gasteiger partial charge on any atom is 0.276 e. The molecule has 6 nitrogen and oxygen atoms in total. The van der Waals surface area contributed by atoms with Crippen LogP contribution in [0.15, 0.2) is 45.3 Å². The van der Waals surface area contributed by atoms with Gasteiger partial charge in [-0.3, -0.25) is 20.4 Å². The average Bonchev–Trinajstić information content (AvgIpc) is 2.64. The maximum atomic E-state index is 12.1. The Morgan fingerprint density at radius 3 is 2.31 bits per heavy atom. The normalized spacial score (nSPS) is 10.2. The predicted molar refractivity (Wildman–Crippen MR) is 105 cm³/mol. The number of hydrogen-bond donors (Lipinski definition) is 2. The molecule has 0 bridgehead atoms. The molecule has 0 radical (unpaired) electrons. The lowest BCUT2D eigenvalue weighted by atomic mass is 10.2. The highest BCUT2D eigenvalue weighted by Gasteiger charge is 2.11. The fourth-order valence-corrected chi connectivity index (χ4v) is 3.15. The van der Waals surface area contributed by atoms with Gasteiger partial charge in [0.15, 0.2) is 6.61 Å². The molecule has 0 unspecified atom stereocenters. The fourth-order valence-electron chi connectivity index (χ4n) is 2.07. The van der Waals surface area contributed by atoms with Crippen molar-refractivity contribution in [1.82, 2.24) is 10.9 Å². The van der Waals surface area contributed by atoms with E-state index in [1.54, 1.807) is 24.3 Å². The summed E-state index contributed by atoms with van der Waals surface area (Å²) < 4.78 is 12.0. The predicted octanol–water partition coefficient (Wildman–Crippen LogP) is 3.62. The largest absolute Gasteiger partial charge is 0.496 e. The number of halogens is 2. The van der Waals surface area contributed by atoms with Crippen LogP contribution in [0.1, 0.15) is 22.8 Å². The second kappa shape index (κ2) is 9.59. The van der Waals surface area contributed by atoms with Gasteiger partial charge in [0.2, 0.25) is 0 Å². The van der Waals surface area contributed by atoms with Crippen molar-refractivity contribution in [3.63, 3.8) is 0 Å². The molecule has 2 aromatic rings. The van der Waals surface area contributed by atoms with Crippen LogP contribution in [-0.4, -0.2) is 25.5 Å². The van der Waals surface area contributed by atoms with Crippen molar-refractivity contribution in [3.8, 4) is 11.5 Å². The number of hydrazine groups is 1. The van der Waals surface area contributed by atoms with E-state index in [4.69, 9.17) is 9.47 Å². The number of ether oxygens (including phenoxy) is 2. The summed E-state index contributed by atoms with van der Waals surface area (Å²) in [6.07, 6.45) is 0.910. The van der Waals surface area contributed by atoms with Gasteiger partial charge >= 0.3 is 0 Å². The SMILES string of the molecule is CCc1ccc(OCC(=O)NNC(=O)c2ccc(OC)c(Br)c2)c(Br)c1. The maximum absolute atomic E-state index is 12.1. The van der Waals surface area contributed by atoms with E-state index in [1.165, 1.54) is 7.11 Å². The number of amides is 2. The van der Waals surface area contributed by atoms with E-state index in [1.807, 2.05) is 12.1 Å². The van der Waals surface area contributed by atoms with E-state index < -0.39 is 11.8 Å². The second-order valence-electron chi connectivity index (χ2n) is 5.26. The Labute approximate surface area is 168 Å². The molecule has 8 heteroatoms. The lowest BCUT2D eigenvalue weighted by molar-refractivity contribution is -0.123. The molecule has 0 saturated heterocycles. The third-order valence-corrected chi connectivity index (χ3v) is 4.73. The molecule has 0 heterocycles. The third-order valence-electron chi connectivity index (χ3n) is 3.49. The Morgan fingerprint density at radius 2 is 1.69 bits per heavy atom. The lowest BCUT2D eigenvalue weighted by Gasteiger charge is -2.11. The summed E-state index contributed by atoms with van der Waals surface area (Å²) in [4.78, 5) is 23.9. The molecule has 0 aliphatic heterocycles. The summed E-state index contributed by atoms with van der Waals surface area (Å²) in [5.41, 5.74) is 6.19. The number of nitrogens with one attached hydrogen (secondary N) is 2. The topological polar surface area (TPSA) is 76.7 Å². The monoisotopic (exact) mass is 484 g/mol. The number of carbonyl (C=O) groups is 2. The number of benzene rings is 2. The van der Waals surface area contributed by atoms with Gasteiger partial charge in [-0.2, -0.15) is 0 Å². The first-order valence-corrected chi connectivity index (χ1v) is 9.37. The molecule has 0 atom stereocenters. The van der Waals surface area contributed by atoms with Crippen molar-refractivity contribution >= 4 is 43.7 Å². The summed E-state index contributed by atoms with van der Waals surface area (Å²) in [5.74, 6) is 0.244. The Bertz CT molecular complexity index is 812. The van der Waals surface area contributed by atoms with Crippen LogP contribution >= 0.6 is 31.9 Å².